The third kappa shape index (κ3) is 3.93. The van der Waals surface area contributed by atoms with Crippen molar-refractivity contribution in [3.05, 3.63) is 75.4 Å². The molecule has 2 aromatic carbocycles. The Kier molecular flexibility index (Phi) is 5.14. The number of primary amides is 1. The molecule has 3 N–H and O–H groups in total. The van der Waals surface area contributed by atoms with Crippen LogP contribution in [0.25, 0.3) is 11.1 Å². The van der Waals surface area contributed by atoms with Gasteiger partial charge in [0.2, 0.25) is 5.56 Å². The minimum Gasteiger partial charge on any atom is -0.493 e. The topological polar surface area (TPSA) is 94.4 Å². The number of H-pyrrole nitrogens is 1. The first-order valence-corrected chi connectivity index (χ1v) is 8.10. The van der Waals surface area contributed by atoms with Crippen molar-refractivity contribution in [3.8, 4) is 28.4 Å². The highest BCUT2D eigenvalue weighted by molar-refractivity contribution is 6.31. The molecule has 1 amide bonds. The normalized spacial score (nSPS) is 10.5. The standard InChI is InChI=1S/C19H14ClFN2O4/c1-26-16-9-12(21)2-3-15(16)27-18-13(10-4-5-23-17(24)6-10)7-11(20)8-14(18)19(22)25/h2-9H,1H3,(H2,22,25)(H,23,24). The molecule has 1 heterocycles. The molecular weight excluding hydrogens is 375 g/mol. The number of hydrogen-bond donors (Lipinski definition) is 2. The lowest BCUT2D eigenvalue weighted by Crippen LogP contribution is -2.13. The number of nitrogens with two attached hydrogens (primary N) is 1. The molecule has 0 aliphatic rings. The van der Waals surface area contributed by atoms with Gasteiger partial charge in [-0.25, -0.2) is 4.39 Å². The molecule has 138 valence electrons. The summed E-state index contributed by atoms with van der Waals surface area (Å²) >= 11 is 6.11. The van der Waals surface area contributed by atoms with Crippen LogP contribution in [-0.4, -0.2) is 18.0 Å². The SMILES string of the molecule is COc1cc(F)ccc1Oc1c(C(N)=O)cc(Cl)cc1-c1cc[nH]c(=O)c1. The van der Waals surface area contributed by atoms with Gasteiger partial charge in [0.1, 0.15) is 11.6 Å². The molecule has 0 aliphatic heterocycles. The maximum atomic E-state index is 13.5. The van der Waals surface area contributed by atoms with Crippen LogP contribution in [0.5, 0.6) is 17.2 Å². The summed E-state index contributed by atoms with van der Waals surface area (Å²) in [5, 5.41) is 0.234. The number of aromatic nitrogens is 1. The van der Waals surface area contributed by atoms with Crippen molar-refractivity contribution in [1.82, 2.24) is 4.98 Å². The van der Waals surface area contributed by atoms with Crippen LogP contribution in [-0.2, 0) is 0 Å². The average Bonchev–Trinajstić information content (AvgIpc) is 2.63. The van der Waals surface area contributed by atoms with Crippen molar-refractivity contribution >= 4 is 17.5 Å². The summed E-state index contributed by atoms with van der Waals surface area (Å²) in [7, 11) is 1.36. The van der Waals surface area contributed by atoms with Gasteiger partial charge in [0.25, 0.3) is 5.91 Å². The predicted octanol–water partition coefficient (Wildman–Crippen LogP) is 3.73. The number of carbonyl (C=O) groups is 1. The lowest BCUT2D eigenvalue weighted by molar-refractivity contribution is 0.0998. The van der Waals surface area contributed by atoms with Gasteiger partial charge >= 0.3 is 0 Å². The zero-order chi connectivity index (χ0) is 19.6. The third-order valence-electron chi connectivity index (χ3n) is 3.74. The van der Waals surface area contributed by atoms with E-state index in [9.17, 15) is 14.0 Å². The van der Waals surface area contributed by atoms with E-state index in [4.69, 9.17) is 26.8 Å². The minimum atomic E-state index is -0.778. The summed E-state index contributed by atoms with van der Waals surface area (Å²) in [6.07, 6.45) is 1.45. The Balaban J connectivity index is 2.24. The van der Waals surface area contributed by atoms with Crippen molar-refractivity contribution in [1.29, 1.82) is 0 Å². The molecule has 0 fully saturated rings. The Hall–Kier alpha value is -3.32. The quantitative estimate of drug-likeness (QED) is 0.696. The Morgan fingerprint density at radius 1 is 1.15 bits per heavy atom. The number of carbonyl (C=O) groups excluding carboxylic acids is 1. The second-order valence-corrected chi connectivity index (χ2v) is 5.97. The molecule has 6 nitrogen and oxygen atoms in total. The lowest BCUT2D eigenvalue weighted by Gasteiger charge is -2.17. The highest BCUT2D eigenvalue weighted by Crippen LogP contribution is 2.41. The number of halogens is 2. The number of amides is 1. The third-order valence-corrected chi connectivity index (χ3v) is 3.96. The molecule has 3 rings (SSSR count). The number of benzene rings is 2. The Morgan fingerprint density at radius 3 is 2.59 bits per heavy atom. The fraction of sp³-hybridized carbons (Fsp3) is 0.0526. The second-order valence-electron chi connectivity index (χ2n) is 5.53. The molecule has 0 unspecified atom stereocenters. The zero-order valence-electron chi connectivity index (χ0n) is 14.1. The van der Waals surface area contributed by atoms with Crippen molar-refractivity contribution in [3.63, 3.8) is 0 Å². The van der Waals surface area contributed by atoms with E-state index >= 15 is 0 Å². The molecule has 0 spiro atoms. The first-order valence-electron chi connectivity index (χ1n) is 7.73. The molecule has 3 aromatic rings. The molecule has 0 bridgehead atoms. The van der Waals surface area contributed by atoms with E-state index in [1.165, 1.54) is 43.6 Å². The highest BCUT2D eigenvalue weighted by atomic mass is 35.5. The fourth-order valence-corrected chi connectivity index (χ4v) is 2.77. The van der Waals surface area contributed by atoms with Crippen LogP contribution in [0.1, 0.15) is 10.4 Å². The van der Waals surface area contributed by atoms with Crippen LogP contribution in [0, 0.1) is 5.82 Å². The molecule has 0 radical (unpaired) electrons. The highest BCUT2D eigenvalue weighted by Gasteiger charge is 2.20. The van der Waals surface area contributed by atoms with Crippen molar-refractivity contribution in [2.45, 2.75) is 0 Å². The second kappa shape index (κ2) is 7.51. The smallest absolute Gasteiger partial charge is 0.252 e. The number of ether oxygens (including phenoxy) is 2. The van der Waals surface area contributed by atoms with Crippen molar-refractivity contribution in [2.24, 2.45) is 5.73 Å². The van der Waals surface area contributed by atoms with Crippen molar-refractivity contribution < 1.29 is 18.7 Å². The van der Waals surface area contributed by atoms with Gasteiger partial charge in [-0.1, -0.05) is 11.6 Å². The number of rotatable bonds is 5. The lowest BCUT2D eigenvalue weighted by atomic mass is 10.0. The van der Waals surface area contributed by atoms with E-state index in [1.807, 2.05) is 0 Å². The maximum absolute atomic E-state index is 13.5. The van der Waals surface area contributed by atoms with E-state index in [0.717, 1.165) is 6.07 Å². The summed E-state index contributed by atoms with van der Waals surface area (Å²) < 4.78 is 24.4. The van der Waals surface area contributed by atoms with Gasteiger partial charge in [0.05, 0.1) is 12.7 Å². The van der Waals surface area contributed by atoms with Crippen molar-refractivity contribution in [2.75, 3.05) is 7.11 Å². The molecule has 1 aromatic heterocycles. The summed E-state index contributed by atoms with van der Waals surface area (Å²) in [5.41, 5.74) is 5.95. The zero-order valence-corrected chi connectivity index (χ0v) is 14.8. The number of hydrogen-bond acceptors (Lipinski definition) is 4. The minimum absolute atomic E-state index is 0.00385. The number of methoxy groups -OCH3 is 1. The van der Waals surface area contributed by atoms with Crippen LogP contribution in [0.3, 0.4) is 0 Å². The van der Waals surface area contributed by atoms with E-state index < -0.39 is 11.7 Å². The molecule has 27 heavy (non-hydrogen) atoms. The van der Waals surface area contributed by atoms with Gasteiger partial charge in [-0.15, -0.1) is 0 Å². The van der Waals surface area contributed by atoms with E-state index in [2.05, 4.69) is 4.98 Å². The Labute approximate surface area is 158 Å². The van der Waals surface area contributed by atoms with Gasteiger partial charge in [-0.3, -0.25) is 9.59 Å². The van der Waals surface area contributed by atoms with Gasteiger partial charge in [-0.2, -0.15) is 0 Å². The van der Waals surface area contributed by atoms with Crippen LogP contribution < -0.4 is 20.8 Å². The van der Waals surface area contributed by atoms with Crippen LogP contribution >= 0.6 is 11.6 Å². The monoisotopic (exact) mass is 388 g/mol. The van der Waals surface area contributed by atoms with E-state index in [-0.39, 0.29) is 33.4 Å². The molecule has 8 heteroatoms. The average molecular weight is 389 g/mol. The number of pyridine rings is 1. The fourth-order valence-electron chi connectivity index (χ4n) is 2.55. The van der Waals surface area contributed by atoms with Gasteiger partial charge in [0, 0.05) is 28.9 Å². The molecule has 0 saturated carbocycles. The van der Waals surface area contributed by atoms with Crippen LogP contribution in [0.2, 0.25) is 5.02 Å². The van der Waals surface area contributed by atoms with Gasteiger partial charge < -0.3 is 20.2 Å². The molecular formula is C19H14ClFN2O4. The Bertz CT molecular complexity index is 1080. The van der Waals surface area contributed by atoms with E-state index in [1.54, 1.807) is 6.07 Å². The summed E-state index contributed by atoms with van der Waals surface area (Å²) in [4.78, 5) is 26.1. The first kappa shape index (κ1) is 18.5. The van der Waals surface area contributed by atoms with Crippen LogP contribution in [0.4, 0.5) is 4.39 Å². The van der Waals surface area contributed by atoms with Gasteiger partial charge in [0.15, 0.2) is 11.5 Å². The van der Waals surface area contributed by atoms with Crippen LogP contribution in [0.15, 0.2) is 53.5 Å². The molecule has 0 saturated heterocycles. The molecule has 0 atom stereocenters. The number of nitrogens with one attached hydrogen (secondary N) is 1. The molecule has 0 aliphatic carbocycles. The predicted molar refractivity (Wildman–Crippen MR) is 99.1 cm³/mol. The Morgan fingerprint density at radius 2 is 1.93 bits per heavy atom. The van der Waals surface area contributed by atoms with Gasteiger partial charge in [-0.05, 0) is 35.9 Å². The summed E-state index contributed by atoms with van der Waals surface area (Å²) in [6, 6.07) is 9.51. The summed E-state index contributed by atoms with van der Waals surface area (Å²) in [6.45, 7) is 0. The maximum Gasteiger partial charge on any atom is 0.252 e. The van der Waals surface area contributed by atoms with E-state index in [0.29, 0.717) is 11.1 Å². The number of aromatic amines is 1. The summed E-state index contributed by atoms with van der Waals surface area (Å²) in [5.74, 6) is -0.936. The first-order chi connectivity index (χ1) is 12.9. The largest absolute Gasteiger partial charge is 0.493 e.